The largest absolute Gasteiger partial charge is 0.453 e. The van der Waals surface area contributed by atoms with Gasteiger partial charge < -0.3 is 59.0 Å². The molecule has 11 atom stereocenters. The van der Waals surface area contributed by atoms with E-state index in [-0.39, 0.29) is 53.3 Å². The van der Waals surface area contributed by atoms with Gasteiger partial charge in [-0.05, 0) is 83.8 Å². The van der Waals surface area contributed by atoms with Crippen molar-refractivity contribution in [2.24, 2.45) is 0 Å². The van der Waals surface area contributed by atoms with Crippen LogP contribution in [-0.4, -0.2) is 155 Å². The Morgan fingerprint density at radius 2 is 1.89 bits per heavy atom. The second-order valence-corrected chi connectivity index (χ2v) is 25.8. The topological polar surface area (TPSA) is 226 Å². The molecule has 70 heavy (non-hydrogen) atoms. The molecule has 4 heterocycles. The van der Waals surface area contributed by atoms with Crippen molar-refractivity contribution in [3.05, 3.63) is 71.1 Å². The van der Waals surface area contributed by atoms with E-state index >= 15 is 4.79 Å². The van der Waals surface area contributed by atoms with E-state index in [4.69, 9.17) is 55.5 Å². The predicted octanol–water partition coefficient (Wildman–Crippen LogP) is 3.50. The lowest BCUT2D eigenvalue weighted by Crippen LogP contribution is -2.68. The molecule has 374 valence electrons. The van der Waals surface area contributed by atoms with Crippen LogP contribution in [0.3, 0.4) is 0 Å². The van der Waals surface area contributed by atoms with Gasteiger partial charge in [0.15, 0.2) is 18.4 Å². The number of nitrogens with one attached hydrogen (secondary N) is 3. The predicted molar refractivity (Wildman–Crippen MR) is 270 cm³/mol. The SMILES string of the molecule is COC(=O)NC1C(=O)C[C@H](O)/C(=C/CS(C)(=S)=S)C2=C1C#C/C=C\C#C[C@@H]2OC1OC(C)C(SC)(C(=O)c2nccc3c2[nH]c2ccc(OC(C)=O)cc23)C(O)C1OC1CC(OC)C(NC(C)C)CO1. The fourth-order valence-electron chi connectivity index (χ4n) is 9.16. The molecule has 0 radical (unpaired) electrons. The number of fused-ring (bicyclic) bond motifs is 3. The molecule has 1 amide bonds. The highest BCUT2D eigenvalue weighted by Crippen LogP contribution is 2.46. The smallest absolute Gasteiger partial charge is 0.407 e. The Morgan fingerprint density at radius 1 is 1.13 bits per heavy atom. The molecule has 7 rings (SSSR count). The number of hydrogen-bond donors (Lipinski definition) is 5. The minimum atomic E-state index is -2.06. The first kappa shape index (κ1) is 53.2. The van der Waals surface area contributed by atoms with Crippen LogP contribution in [0.5, 0.6) is 5.75 Å². The molecule has 1 aromatic carbocycles. The summed E-state index contributed by atoms with van der Waals surface area (Å²) in [7, 11) is 0.675. The minimum Gasteiger partial charge on any atom is -0.453 e. The first-order valence-electron chi connectivity index (χ1n) is 22.4. The zero-order valence-electron chi connectivity index (χ0n) is 39.8. The van der Waals surface area contributed by atoms with Crippen molar-refractivity contribution in [2.45, 2.75) is 113 Å². The average Bonchev–Trinajstić information content (AvgIpc) is 3.68. The van der Waals surface area contributed by atoms with E-state index in [0.29, 0.717) is 27.6 Å². The summed E-state index contributed by atoms with van der Waals surface area (Å²) >= 11 is 12.3. The van der Waals surface area contributed by atoms with Gasteiger partial charge in [-0.3, -0.25) is 19.4 Å². The number of amides is 1. The van der Waals surface area contributed by atoms with E-state index < -0.39 is 97.2 Å². The molecule has 4 aliphatic rings. The Morgan fingerprint density at radius 3 is 2.57 bits per heavy atom. The van der Waals surface area contributed by atoms with Gasteiger partial charge in [0.05, 0.1) is 43.6 Å². The molecule has 2 aliphatic carbocycles. The third-order valence-corrected chi connectivity index (χ3v) is 15.4. The molecule has 9 unspecified atom stereocenters. The van der Waals surface area contributed by atoms with Gasteiger partial charge in [-0.2, -0.15) is 0 Å². The van der Waals surface area contributed by atoms with E-state index in [0.717, 1.165) is 18.9 Å². The number of H-pyrrole nitrogens is 1. The number of aromatic nitrogens is 2. The molecule has 2 saturated heterocycles. The number of ether oxygens (including phenoxy) is 7. The fourth-order valence-corrected chi connectivity index (χ4v) is 11.1. The number of benzene rings is 1. The maximum atomic E-state index is 15.5. The van der Waals surface area contributed by atoms with Crippen LogP contribution < -0.4 is 15.4 Å². The van der Waals surface area contributed by atoms with Gasteiger partial charge in [-0.25, -0.2) is 4.79 Å². The van der Waals surface area contributed by atoms with Crippen LogP contribution in [-0.2, 0) is 67.5 Å². The van der Waals surface area contributed by atoms with Crippen LogP contribution in [0.25, 0.3) is 21.8 Å². The molecule has 5 N–H and O–H groups in total. The fraction of sp³-hybridized carbons (Fsp3) is 0.490. The summed E-state index contributed by atoms with van der Waals surface area (Å²) in [4.78, 5) is 61.9. The van der Waals surface area contributed by atoms with Gasteiger partial charge in [0, 0.05) is 72.3 Å². The van der Waals surface area contributed by atoms with Gasteiger partial charge in [0.2, 0.25) is 5.78 Å². The van der Waals surface area contributed by atoms with Gasteiger partial charge in [0.25, 0.3) is 0 Å². The van der Waals surface area contributed by atoms with Gasteiger partial charge >= 0.3 is 12.1 Å². The number of pyridine rings is 1. The minimum absolute atomic E-state index is 0.00314. The summed E-state index contributed by atoms with van der Waals surface area (Å²) in [6, 6.07) is 5.26. The van der Waals surface area contributed by atoms with Gasteiger partial charge in [-0.15, -0.1) is 11.8 Å². The number of aliphatic hydroxyl groups is 2. The first-order chi connectivity index (χ1) is 33.3. The summed E-state index contributed by atoms with van der Waals surface area (Å²) in [6.07, 6.45) is -1.92. The van der Waals surface area contributed by atoms with E-state index in [9.17, 15) is 24.6 Å². The quantitative estimate of drug-likeness (QED) is 0.0674. The molecule has 3 aromatic rings. The number of hydrogen-bond acceptors (Lipinski definition) is 18. The van der Waals surface area contributed by atoms with E-state index in [1.807, 2.05) is 13.8 Å². The van der Waals surface area contributed by atoms with Crippen molar-refractivity contribution in [2.75, 3.05) is 39.1 Å². The van der Waals surface area contributed by atoms with Crippen LogP contribution >= 0.6 is 11.8 Å². The third kappa shape index (κ3) is 11.4. The Hall–Kier alpha value is -4.59. The molecular weight excluding hydrogens is 981 g/mol. The summed E-state index contributed by atoms with van der Waals surface area (Å²) in [5, 5.41) is 32.2. The number of Topliss-reactive ketones (excluding diaryl/α,β-unsaturated/α-hetero) is 2. The molecule has 0 saturated carbocycles. The molecule has 21 heteroatoms. The number of ketones is 2. The van der Waals surface area contributed by atoms with E-state index in [1.165, 1.54) is 25.3 Å². The molecule has 2 fully saturated rings. The average molecular weight is 1040 g/mol. The van der Waals surface area contributed by atoms with Crippen molar-refractivity contribution in [1.82, 2.24) is 20.6 Å². The molecule has 2 aliphatic heterocycles. The number of allylic oxidation sites excluding steroid dienone is 2. The van der Waals surface area contributed by atoms with Gasteiger partial charge in [0.1, 0.15) is 40.5 Å². The number of aliphatic hydroxyl groups excluding tert-OH is 2. The first-order valence-corrected chi connectivity index (χ1v) is 27.7. The normalized spacial score (nSPS) is 30.2. The Balaban J connectivity index is 1.36. The van der Waals surface area contributed by atoms with Gasteiger partial charge in [-0.1, -0.05) is 50.8 Å². The third-order valence-electron chi connectivity index (χ3n) is 12.3. The summed E-state index contributed by atoms with van der Waals surface area (Å²) in [6.45, 7) is 7.11. The maximum absolute atomic E-state index is 15.5. The zero-order valence-corrected chi connectivity index (χ0v) is 43.0. The standard InChI is InChI=1S/C49H56N4O13S4/c1-25(2)51-34-24-62-39(23-38(34)60-5)66-44-46(58)49(69-7,45(57)43-42-29(17-19-50-43)32-21-28(64-27(4)54)15-16-33(32)52-42)26(3)63-47(44)65-37-14-12-10-9-11-13-31-40(37)30(18-20-70(8,67)68)35(55)22-36(56)41(31)53-48(59)61-6/h9-10,15-19,21,25-26,34-35,37-39,41,44,46-47,51-52,55,58H,20,22-24H2,1-8H3,(H,53,59)/b10-9-,30-18-/t26?,34?,35-,37-,38?,39?,41?,44?,46?,47?,49?/m0/s1. The maximum Gasteiger partial charge on any atom is 0.407 e. The van der Waals surface area contributed by atoms with Crippen LogP contribution in [0.4, 0.5) is 4.79 Å². The molecule has 0 spiro atoms. The zero-order chi connectivity index (χ0) is 50.7. The molecule has 2 aromatic heterocycles. The van der Waals surface area contributed by atoms with Crippen molar-refractivity contribution in [1.29, 1.82) is 0 Å². The highest BCUT2D eigenvalue weighted by molar-refractivity contribution is 8.56. The lowest BCUT2D eigenvalue weighted by molar-refractivity contribution is -0.322. The number of carbonyl (C=O) groups is 4. The number of thioether (sulfide) groups is 1. The highest BCUT2D eigenvalue weighted by Gasteiger charge is 2.61. The van der Waals surface area contributed by atoms with E-state index in [1.54, 1.807) is 56.9 Å². The number of rotatable bonds is 14. The molecular formula is C49H56N4O13S4. The Kier molecular flexibility index (Phi) is 17.1. The number of esters is 1. The van der Waals surface area contributed by atoms with Crippen molar-refractivity contribution in [3.63, 3.8) is 0 Å². The summed E-state index contributed by atoms with van der Waals surface area (Å²) in [5.41, 5.74) is 1.37. The van der Waals surface area contributed by atoms with E-state index in [2.05, 4.69) is 44.3 Å². The number of carbonyl (C=O) groups excluding carboxylic acids is 4. The van der Waals surface area contributed by atoms with Crippen molar-refractivity contribution < 1.29 is 62.5 Å². The molecule has 17 nitrogen and oxygen atoms in total. The summed E-state index contributed by atoms with van der Waals surface area (Å²) < 4.78 is 41.1. The monoisotopic (exact) mass is 1040 g/mol. The van der Waals surface area contributed by atoms with Crippen LogP contribution in [0.1, 0.15) is 51.0 Å². The summed E-state index contributed by atoms with van der Waals surface area (Å²) in [5.74, 6) is 10.7. The lowest BCUT2D eigenvalue weighted by Gasteiger charge is -2.51. The molecule has 0 bridgehead atoms. The Bertz CT molecular complexity index is 2880. The lowest BCUT2D eigenvalue weighted by atomic mass is 9.83. The second-order valence-electron chi connectivity index (χ2n) is 17.5. The van der Waals surface area contributed by atoms with Crippen molar-refractivity contribution >= 4 is 86.7 Å². The van der Waals surface area contributed by atoms with Crippen molar-refractivity contribution in [3.8, 4) is 29.4 Å². The van der Waals surface area contributed by atoms with Crippen LogP contribution in [0.15, 0.2) is 65.4 Å². The number of alkyl carbamates (subject to hydrolysis) is 1. The second kappa shape index (κ2) is 22.4. The van der Waals surface area contributed by atoms with Crippen LogP contribution in [0.2, 0.25) is 0 Å². The number of nitrogens with zero attached hydrogens (tertiary/aromatic N) is 1. The van der Waals surface area contributed by atoms with Crippen LogP contribution in [0, 0.1) is 23.7 Å². The number of aromatic amines is 1. The highest BCUT2D eigenvalue weighted by atomic mass is 33.1. The number of methoxy groups -OCH3 is 2. The Labute approximate surface area is 420 Å².